The monoisotopic (exact) mass is 310 g/mol. The molecule has 1 heteroatoms. The molecule has 0 spiro atoms. The molecule has 0 aliphatic rings. The molecule has 0 fully saturated rings. The summed E-state index contributed by atoms with van der Waals surface area (Å²) in [6.45, 7) is 2.28. The summed E-state index contributed by atoms with van der Waals surface area (Å²) in [6, 6.07) is 8.95. The Balaban J connectivity index is 2.03. The van der Waals surface area contributed by atoms with Crippen LogP contribution in [0.1, 0.15) is 69.4 Å². The third-order valence-corrected chi connectivity index (χ3v) is 4.11. The highest BCUT2D eigenvalue weighted by molar-refractivity contribution is 9.08. The predicted molar refractivity (Wildman–Crippen MR) is 85.4 cm³/mol. The van der Waals surface area contributed by atoms with E-state index in [1.165, 1.54) is 68.9 Å². The zero-order valence-electron chi connectivity index (χ0n) is 11.8. The molecule has 0 saturated heterocycles. The Morgan fingerprint density at radius 3 is 2.11 bits per heavy atom. The lowest BCUT2D eigenvalue weighted by molar-refractivity contribution is 0.575. The second kappa shape index (κ2) is 10.6. The highest BCUT2D eigenvalue weighted by Gasteiger charge is 1.96. The molecule has 0 atom stereocenters. The van der Waals surface area contributed by atoms with Crippen LogP contribution in [0.5, 0.6) is 0 Å². The van der Waals surface area contributed by atoms with E-state index in [4.69, 9.17) is 0 Å². The minimum atomic E-state index is 0.971. The molecule has 0 nitrogen and oxygen atoms in total. The lowest BCUT2D eigenvalue weighted by atomic mass is 10.0. The fourth-order valence-electron chi connectivity index (χ4n) is 2.33. The second-order valence-electron chi connectivity index (χ2n) is 5.18. The van der Waals surface area contributed by atoms with Gasteiger partial charge in [-0.05, 0) is 24.0 Å². The fraction of sp³-hybridized carbons (Fsp3) is 0.647. The Morgan fingerprint density at radius 1 is 0.833 bits per heavy atom. The minimum absolute atomic E-state index is 0.971. The summed E-state index contributed by atoms with van der Waals surface area (Å²) < 4.78 is 0. The first kappa shape index (κ1) is 15.8. The van der Waals surface area contributed by atoms with E-state index < -0.39 is 0 Å². The molecule has 0 heterocycles. The van der Waals surface area contributed by atoms with Crippen LogP contribution in [0.15, 0.2) is 24.3 Å². The van der Waals surface area contributed by atoms with Crippen LogP contribution >= 0.6 is 15.9 Å². The van der Waals surface area contributed by atoms with Crippen molar-refractivity contribution in [3.63, 3.8) is 0 Å². The number of unbranched alkanes of at least 4 members (excludes halogenated alkanes) is 7. The van der Waals surface area contributed by atoms with E-state index >= 15 is 0 Å². The average Bonchev–Trinajstić information content (AvgIpc) is 2.42. The van der Waals surface area contributed by atoms with Gasteiger partial charge in [0.1, 0.15) is 0 Å². The van der Waals surface area contributed by atoms with Gasteiger partial charge in [0, 0.05) is 5.33 Å². The molecule has 0 aromatic heterocycles. The molecular formula is C17H27Br. The Kier molecular flexibility index (Phi) is 9.28. The van der Waals surface area contributed by atoms with Gasteiger partial charge in [0.25, 0.3) is 0 Å². The van der Waals surface area contributed by atoms with Crippen molar-refractivity contribution in [3.05, 3.63) is 35.4 Å². The first-order valence-electron chi connectivity index (χ1n) is 7.50. The first-order chi connectivity index (χ1) is 8.86. The van der Waals surface area contributed by atoms with Gasteiger partial charge in [-0.15, -0.1) is 0 Å². The van der Waals surface area contributed by atoms with E-state index in [-0.39, 0.29) is 0 Å². The molecule has 0 unspecified atom stereocenters. The van der Waals surface area contributed by atoms with Crippen LogP contribution in [0.25, 0.3) is 0 Å². The van der Waals surface area contributed by atoms with Gasteiger partial charge in [0.15, 0.2) is 0 Å². The van der Waals surface area contributed by atoms with E-state index in [0.717, 1.165) is 5.33 Å². The van der Waals surface area contributed by atoms with Crippen molar-refractivity contribution in [2.24, 2.45) is 0 Å². The fourth-order valence-corrected chi connectivity index (χ4v) is 2.68. The van der Waals surface area contributed by atoms with Crippen LogP contribution in [-0.2, 0) is 11.8 Å². The van der Waals surface area contributed by atoms with E-state index in [0.29, 0.717) is 0 Å². The number of halogens is 1. The lowest BCUT2D eigenvalue weighted by Gasteiger charge is -2.04. The van der Waals surface area contributed by atoms with Crippen molar-refractivity contribution < 1.29 is 0 Å². The number of aryl methyl sites for hydroxylation is 1. The SMILES string of the molecule is CCCCCCCCCCc1cccc(CBr)c1. The van der Waals surface area contributed by atoms with E-state index in [2.05, 4.69) is 47.1 Å². The maximum atomic E-state index is 3.51. The van der Waals surface area contributed by atoms with Gasteiger partial charge in [-0.25, -0.2) is 0 Å². The van der Waals surface area contributed by atoms with Crippen molar-refractivity contribution in [3.8, 4) is 0 Å². The average molecular weight is 311 g/mol. The van der Waals surface area contributed by atoms with Crippen LogP contribution < -0.4 is 0 Å². The lowest BCUT2D eigenvalue weighted by Crippen LogP contribution is -1.88. The third kappa shape index (κ3) is 7.20. The number of benzene rings is 1. The smallest absolute Gasteiger partial charge is 0.0283 e. The largest absolute Gasteiger partial charge is 0.0876 e. The van der Waals surface area contributed by atoms with Gasteiger partial charge >= 0.3 is 0 Å². The molecule has 0 radical (unpaired) electrons. The number of hydrogen-bond donors (Lipinski definition) is 0. The van der Waals surface area contributed by atoms with Crippen LogP contribution in [0, 0.1) is 0 Å². The van der Waals surface area contributed by atoms with Gasteiger partial charge in [-0.2, -0.15) is 0 Å². The van der Waals surface area contributed by atoms with Gasteiger partial charge in [-0.1, -0.05) is 92.1 Å². The highest BCUT2D eigenvalue weighted by Crippen LogP contribution is 2.13. The van der Waals surface area contributed by atoms with E-state index in [1.807, 2.05) is 0 Å². The minimum Gasteiger partial charge on any atom is -0.0876 e. The van der Waals surface area contributed by atoms with Gasteiger partial charge in [0.2, 0.25) is 0 Å². The second-order valence-corrected chi connectivity index (χ2v) is 5.74. The van der Waals surface area contributed by atoms with Gasteiger partial charge < -0.3 is 0 Å². The molecule has 0 saturated carbocycles. The normalized spacial score (nSPS) is 10.8. The summed E-state index contributed by atoms with van der Waals surface area (Å²) >= 11 is 3.51. The highest BCUT2D eigenvalue weighted by atomic mass is 79.9. The van der Waals surface area contributed by atoms with E-state index in [9.17, 15) is 0 Å². The van der Waals surface area contributed by atoms with Crippen molar-refractivity contribution in [1.82, 2.24) is 0 Å². The van der Waals surface area contributed by atoms with Crippen LogP contribution in [0.2, 0.25) is 0 Å². The maximum absolute atomic E-state index is 3.51. The Labute approximate surface area is 121 Å². The van der Waals surface area contributed by atoms with Crippen molar-refractivity contribution in [2.45, 2.75) is 70.0 Å². The molecule has 0 N–H and O–H groups in total. The Hall–Kier alpha value is -0.300. The number of alkyl halides is 1. The molecule has 0 aliphatic carbocycles. The van der Waals surface area contributed by atoms with Gasteiger partial charge in [0.05, 0.1) is 0 Å². The molecule has 1 aromatic rings. The summed E-state index contributed by atoms with van der Waals surface area (Å²) in [4.78, 5) is 0. The molecule has 0 amide bonds. The number of hydrogen-bond acceptors (Lipinski definition) is 0. The molecule has 102 valence electrons. The van der Waals surface area contributed by atoms with Crippen LogP contribution in [-0.4, -0.2) is 0 Å². The zero-order valence-corrected chi connectivity index (χ0v) is 13.3. The molecule has 0 aliphatic heterocycles. The summed E-state index contributed by atoms with van der Waals surface area (Å²) in [7, 11) is 0. The van der Waals surface area contributed by atoms with Crippen LogP contribution in [0.4, 0.5) is 0 Å². The standard InChI is InChI=1S/C17H27Br/c1-2-3-4-5-6-7-8-9-11-16-12-10-13-17(14-16)15-18/h10,12-14H,2-9,11,15H2,1H3. The predicted octanol–water partition coefficient (Wildman–Crippen LogP) is 6.26. The summed E-state index contributed by atoms with van der Waals surface area (Å²) in [5.74, 6) is 0. The Bertz CT molecular complexity index is 306. The van der Waals surface area contributed by atoms with Crippen LogP contribution in [0.3, 0.4) is 0 Å². The summed E-state index contributed by atoms with van der Waals surface area (Å²) in [5.41, 5.74) is 2.89. The third-order valence-electron chi connectivity index (χ3n) is 3.46. The molecule has 0 bridgehead atoms. The summed E-state index contributed by atoms with van der Waals surface area (Å²) in [6.07, 6.45) is 12.5. The Morgan fingerprint density at radius 2 is 1.44 bits per heavy atom. The topological polar surface area (TPSA) is 0 Å². The van der Waals surface area contributed by atoms with Crippen molar-refractivity contribution >= 4 is 15.9 Å². The zero-order chi connectivity index (χ0) is 13.1. The molecular weight excluding hydrogens is 284 g/mol. The van der Waals surface area contributed by atoms with Crippen molar-refractivity contribution in [2.75, 3.05) is 0 Å². The maximum Gasteiger partial charge on any atom is 0.0283 e. The molecule has 18 heavy (non-hydrogen) atoms. The number of rotatable bonds is 10. The molecule has 1 aromatic carbocycles. The quantitative estimate of drug-likeness (QED) is 0.353. The summed E-state index contributed by atoms with van der Waals surface area (Å²) in [5, 5.41) is 0.971. The molecule has 1 rings (SSSR count). The first-order valence-corrected chi connectivity index (χ1v) is 8.62. The van der Waals surface area contributed by atoms with E-state index in [1.54, 1.807) is 0 Å². The van der Waals surface area contributed by atoms with Crippen molar-refractivity contribution in [1.29, 1.82) is 0 Å². The van der Waals surface area contributed by atoms with Gasteiger partial charge in [-0.3, -0.25) is 0 Å².